The van der Waals surface area contributed by atoms with E-state index in [-0.39, 0.29) is 34.9 Å². The first-order valence-electron chi connectivity index (χ1n) is 11.0. The SMILES string of the molecule is O=C(NCCn1ncc2c(=O)n(Cc3cccc4ccccc34)cnc21)c1ccc(Cl)c([N+](=O)[O-])c1. The summed E-state index contributed by atoms with van der Waals surface area (Å²) in [5, 5.41) is 20.5. The molecule has 0 aliphatic rings. The zero-order valence-corrected chi connectivity index (χ0v) is 19.6. The molecule has 0 unspecified atom stereocenters. The summed E-state index contributed by atoms with van der Waals surface area (Å²) >= 11 is 5.80. The van der Waals surface area contributed by atoms with Crippen LogP contribution in [0.25, 0.3) is 21.8 Å². The molecule has 5 rings (SSSR count). The molecule has 2 aromatic heterocycles. The summed E-state index contributed by atoms with van der Waals surface area (Å²) in [6.07, 6.45) is 2.96. The van der Waals surface area contributed by atoms with Gasteiger partial charge in [0, 0.05) is 18.2 Å². The predicted molar refractivity (Wildman–Crippen MR) is 135 cm³/mol. The molecule has 0 fully saturated rings. The van der Waals surface area contributed by atoms with Crippen LogP contribution in [0.2, 0.25) is 5.02 Å². The number of aromatic nitrogens is 4. The van der Waals surface area contributed by atoms with Crippen LogP contribution in [0.1, 0.15) is 15.9 Å². The van der Waals surface area contributed by atoms with Gasteiger partial charge in [-0.2, -0.15) is 5.10 Å². The molecular weight excluding hydrogens is 484 g/mol. The Morgan fingerprint density at radius 3 is 2.72 bits per heavy atom. The monoisotopic (exact) mass is 502 g/mol. The highest BCUT2D eigenvalue weighted by molar-refractivity contribution is 6.32. The van der Waals surface area contributed by atoms with Gasteiger partial charge in [0.1, 0.15) is 16.7 Å². The lowest BCUT2D eigenvalue weighted by Crippen LogP contribution is -2.28. The number of nitro groups is 1. The summed E-state index contributed by atoms with van der Waals surface area (Å²) in [6, 6.07) is 17.8. The maximum atomic E-state index is 13.1. The number of benzene rings is 3. The van der Waals surface area contributed by atoms with Crippen molar-refractivity contribution < 1.29 is 9.72 Å². The first-order chi connectivity index (χ1) is 17.4. The molecule has 10 nitrogen and oxygen atoms in total. The Morgan fingerprint density at radius 2 is 1.89 bits per heavy atom. The van der Waals surface area contributed by atoms with E-state index in [9.17, 15) is 19.7 Å². The average Bonchev–Trinajstić information content (AvgIpc) is 3.29. The van der Waals surface area contributed by atoms with Gasteiger partial charge in [-0.15, -0.1) is 0 Å². The first kappa shape index (κ1) is 23.2. The van der Waals surface area contributed by atoms with Crippen molar-refractivity contribution in [3.05, 3.63) is 110 Å². The largest absolute Gasteiger partial charge is 0.350 e. The van der Waals surface area contributed by atoms with Crippen LogP contribution in [0.3, 0.4) is 0 Å². The molecular formula is C25H19ClN6O4. The number of fused-ring (bicyclic) bond motifs is 2. The Kier molecular flexibility index (Phi) is 6.17. The fourth-order valence-electron chi connectivity index (χ4n) is 4.06. The maximum absolute atomic E-state index is 13.1. The number of nitrogens with one attached hydrogen (secondary N) is 1. The van der Waals surface area contributed by atoms with Crippen LogP contribution in [0.5, 0.6) is 0 Å². The van der Waals surface area contributed by atoms with Gasteiger partial charge < -0.3 is 5.32 Å². The maximum Gasteiger partial charge on any atom is 0.288 e. The molecule has 11 heteroatoms. The van der Waals surface area contributed by atoms with Gasteiger partial charge >= 0.3 is 0 Å². The van der Waals surface area contributed by atoms with E-state index >= 15 is 0 Å². The Bertz CT molecular complexity index is 1690. The molecule has 0 aliphatic carbocycles. The third-order valence-electron chi connectivity index (χ3n) is 5.86. The van der Waals surface area contributed by atoms with E-state index in [4.69, 9.17) is 11.6 Å². The zero-order chi connectivity index (χ0) is 25.2. The number of hydrogen-bond donors (Lipinski definition) is 1. The molecule has 0 radical (unpaired) electrons. The van der Waals surface area contributed by atoms with E-state index in [2.05, 4.69) is 15.4 Å². The number of amides is 1. The van der Waals surface area contributed by atoms with Crippen molar-refractivity contribution in [1.29, 1.82) is 0 Å². The van der Waals surface area contributed by atoms with Crippen molar-refractivity contribution >= 4 is 45.0 Å². The van der Waals surface area contributed by atoms with Crippen molar-refractivity contribution in [3.8, 4) is 0 Å². The van der Waals surface area contributed by atoms with Gasteiger partial charge in [-0.25, -0.2) is 9.67 Å². The summed E-state index contributed by atoms with van der Waals surface area (Å²) in [4.78, 5) is 40.3. The number of nitro benzene ring substituents is 1. The molecule has 0 atom stereocenters. The number of nitrogens with zero attached hydrogens (tertiary/aromatic N) is 5. The minimum Gasteiger partial charge on any atom is -0.350 e. The van der Waals surface area contributed by atoms with Gasteiger partial charge in [-0.05, 0) is 28.5 Å². The Labute approximate surface area is 208 Å². The van der Waals surface area contributed by atoms with E-state index in [1.807, 2.05) is 42.5 Å². The number of rotatable bonds is 7. The predicted octanol–water partition coefficient (Wildman–Crippen LogP) is 3.79. The number of hydrogen-bond acceptors (Lipinski definition) is 6. The summed E-state index contributed by atoms with van der Waals surface area (Å²) in [7, 11) is 0. The molecule has 0 saturated carbocycles. The molecule has 5 aromatic rings. The minimum atomic E-state index is -0.645. The Hall–Kier alpha value is -4.57. The second kappa shape index (κ2) is 9.59. The fraction of sp³-hybridized carbons (Fsp3) is 0.120. The lowest BCUT2D eigenvalue weighted by molar-refractivity contribution is -0.384. The fourth-order valence-corrected chi connectivity index (χ4v) is 4.25. The third kappa shape index (κ3) is 4.41. The van der Waals surface area contributed by atoms with E-state index in [0.29, 0.717) is 17.6 Å². The topological polar surface area (TPSA) is 125 Å². The molecule has 0 spiro atoms. The number of carbonyl (C=O) groups excluding carboxylic acids is 1. The van der Waals surface area contributed by atoms with Gasteiger partial charge in [0.25, 0.3) is 17.2 Å². The standard InChI is InChI=1S/C25H19ClN6O4/c26-21-9-8-17(12-22(21)32(35)36)24(33)27-10-11-31-23-20(13-29-31)25(34)30(15-28-23)14-18-6-3-5-16-4-1-2-7-19(16)18/h1-9,12-13,15H,10-11,14H2,(H,27,33). The van der Waals surface area contributed by atoms with Gasteiger partial charge in [0.05, 0.1) is 24.2 Å². The molecule has 3 aromatic carbocycles. The van der Waals surface area contributed by atoms with Crippen molar-refractivity contribution in [2.75, 3.05) is 6.54 Å². The van der Waals surface area contributed by atoms with Crippen LogP contribution in [-0.4, -0.2) is 36.7 Å². The van der Waals surface area contributed by atoms with Gasteiger partial charge in [0.2, 0.25) is 0 Å². The average molecular weight is 503 g/mol. The normalized spacial score (nSPS) is 11.1. The van der Waals surface area contributed by atoms with Crippen molar-refractivity contribution in [2.45, 2.75) is 13.1 Å². The summed E-state index contributed by atoms with van der Waals surface area (Å²) < 4.78 is 3.08. The highest BCUT2D eigenvalue weighted by atomic mass is 35.5. The lowest BCUT2D eigenvalue weighted by Gasteiger charge is -2.09. The third-order valence-corrected chi connectivity index (χ3v) is 6.18. The summed E-state index contributed by atoms with van der Waals surface area (Å²) in [5.41, 5.74) is 0.980. The number of halogens is 1. The second-order valence-corrected chi connectivity index (χ2v) is 8.51. The highest BCUT2D eigenvalue weighted by Gasteiger charge is 2.16. The molecule has 1 amide bonds. The molecule has 0 saturated heterocycles. The molecule has 2 heterocycles. The van der Waals surface area contributed by atoms with E-state index in [1.165, 1.54) is 29.3 Å². The van der Waals surface area contributed by atoms with Crippen LogP contribution >= 0.6 is 11.6 Å². The van der Waals surface area contributed by atoms with E-state index in [1.54, 1.807) is 4.57 Å². The van der Waals surface area contributed by atoms with Crippen LogP contribution in [0.15, 0.2) is 78.0 Å². The minimum absolute atomic E-state index is 0.0447. The first-order valence-corrected chi connectivity index (χ1v) is 11.4. The van der Waals surface area contributed by atoms with Gasteiger partial charge in [-0.1, -0.05) is 54.1 Å². The van der Waals surface area contributed by atoms with E-state index < -0.39 is 10.8 Å². The molecule has 0 bridgehead atoms. The summed E-state index contributed by atoms with van der Waals surface area (Å²) in [5.74, 6) is -0.489. The summed E-state index contributed by atoms with van der Waals surface area (Å²) in [6.45, 7) is 0.801. The van der Waals surface area contributed by atoms with Gasteiger partial charge in [-0.3, -0.25) is 24.3 Å². The molecule has 180 valence electrons. The van der Waals surface area contributed by atoms with Crippen LogP contribution < -0.4 is 10.9 Å². The van der Waals surface area contributed by atoms with Crippen LogP contribution in [-0.2, 0) is 13.1 Å². The Balaban J connectivity index is 1.31. The molecule has 1 N–H and O–H groups in total. The van der Waals surface area contributed by atoms with E-state index in [0.717, 1.165) is 22.4 Å². The molecule has 0 aliphatic heterocycles. The van der Waals surface area contributed by atoms with Crippen molar-refractivity contribution in [3.63, 3.8) is 0 Å². The smallest absolute Gasteiger partial charge is 0.288 e. The zero-order valence-electron chi connectivity index (χ0n) is 18.8. The molecule has 36 heavy (non-hydrogen) atoms. The second-order valence-electron chi connectivity index (χ2n) is 8.10. The lowest BCUT2D eigenvalue weighted by atomic mass is 10.0. The number of carbonyl (C=O) groups is 1. The van der Waals surface area contributed by atoms with Gasteiger partial charge in [0.15, 0.2) is 5.65 Å². The van der Waals surface area contributed by atoms with Crippen LogP contribution in [0, 0.1) is 10.1 Å². The van der Waals surface area contributed by atoms with Crippen LogP contribution in [0.4, 0.5) is 5.69 Å². The highest BCUT2D eigenvalue weighted by Crippen LogP contribution is 2.25. The quantitative estimate of drug-likeness (QED) is 0.266. The Morgan fingerprint density at radius 1 is 1.08 bits per heavy atom. The van der Waals surface area contributed by atoms with Crippen molar-refractivity contribution in [1.82, 2.24) is 24.6 Å². The van der Waals surface area contributed by atoms with Crippen molar-refractivity contribution in [2.24, 2.45) is 0 Å².